The molecule has 0 saturated heterocycles. The molecule has 0 radical (unpaired) electrons. The molecule has 0 aliphatic heterocycles. The number of hydrogen-bond donors (Lipinski definition) is 3. The lowest BCUT2D eigenvalue weighted by molar-refractivity contribution is -0.142. The van der Waals surface area contributed by atoms with Gasteiger partial charge in [0.2, 0.25) is 15.9 Å². The third-order valence-electron chi connectivity index (χ3n) is 7.88. The summed E-state index contributed by atoms with van der Waals surface area (Å²) in [5, 5.41) is 21.7. The number of methoxy groups -OCH3 is 1. The van der Waals surface area contributed by atoms with Crippen LogP contribution in [0.1, 0.15) is 39.9 Å². The van der Waals surface area contributed by atoms with Crippen molar-refractivity contribution in [3.8, 4) is 17.7 Å². The third kappa shape index (κ3) is 6.70. The summed E-state index contributed by atoms with van der Waals surface area (Å²) >= 11 is 0. The van der Waals surface area contributed by atoms with E-state index in [4.69, 9.17) is 14.7 Å². The summed E-state index contributed by atoms with van der Waals surface area (Å²) in [6.07, 6.45) is 1.96. The van der Waals surface area contributed by atoms with Crippen LogP contribution in [0.5, 0.6) is 11.6 Å². The van der Waals surface area contributed by atoms with Crippen molar-refractivity contribution in [3.05, 3.63) is 99.5 Å². The molecular weight excluding hydrogens is 614 g/mol. The van der Waals surface area contributed by atoms with Gasteiger partial charge in [-0.25, -0.2) is 13.4 Å². The molecule has 0 spiro atoms. The highest BCUT2D eigenvalue weighted by Gasteiger charge is 2.56. The van der Waals surface area contributed by atoms with Gasteiger partial charge in [-0.15, -0.1) is 0 Å². The lowest BCUT2D eigenvalue weighted by Crippen LogP contribution is -2.49. The number of benzene rings is 2. The van der Waals surface area contributed by atoms with E-state index >= 15 is 0 Å². The number of esters is 1. The van der Waals surface area contributed by atoms with Crippen molar-refractivity contribution >= 4 is 32.8 Å². The topological polar surface area (TPSA) is 190 Å². The highest BCUT2D eigenvalue weighted by atomic mass is 32.2. The molecule has 2 heterocycles. The van der Waals surface area contributed by atoms with E-state index in [9.17, 15) is 27.9 Å². The molecule has 1 atom stereocenters. The summed E-state index contributed by atoms with van der Waals surface area (Å²) in [5.41, 5.74) is 1.42. The van der Waals surface area contributed by atoms with Crippen LogP contribution in [0.25, 0.3) is 10.9 Å². The quantitative estimate of drug-likeness (QED) is 0.192. The maximum Gasteiger partial charge on any atom is 0.324 e. The number of hydrogen-bond acceptors (Lipinski definition) is 10. The van der Waals surface area contributed by atoms with E-state index in [1.165, 1.54) is 36.0 Å². The van der Waals surface area contributed by atoms with Crippen molar-refractivity contribution in [1.29, 1.82) is 5.26 Å². The van der Waals surface area contributed by atoms with E-state index in [0.29, 0.717) is 16.5 Å². The molecule has 1 fully saturated rings. The smallest absolute Gasteiger partial charge is 0.324 e. The van der Waals surface area contributed by atoms with Gasteiger partial charge in [-0.05, 0) is 66.8 Å². The number of rotatable bonds is 12. The number of nitriles is 1. The Morgan fingerprint density at radius 1 is 1.11 bits per heavy atom. The summed E-state index contributed by atoms with van der Waals surface area (Å²) in [6, 6.07) is 16.6. The van der Waals surface area contributed by atoms with E-state index in [0.717, 1.165) is 12.7 Å². The number of aromatic hydroxyl groups is 1. The molecule has 1 aliphatic rings. The van der Waals surface area contributed by atoms with Crippen LogP contribution in [0.3, 0.4) is 0 Å². The molecule has 2 aromatic carbocycles. The van der Waals surface area contributed by atoms with Crippen molar-refractivity contribution < 1.29 is 32.6 Å². The Hall–Kier alpha value is -5.26. The number of aryl methyl sites for hydroxylation is 1. The Morgan fingerprint density at radius 3 is 2.41 bits per heavy atom. The molecule has 14 heteroatoms. The van der Waals surface area contributed by atoms with E-state index in [1.54, 1.807) is 42.5 Å². The minimum absolute atomic E-state index is 0.000501. The van der Waals surface area contributed by atoms with Crippen LogP contribution in [0.4, 0.5) is 0 Å². The molecule has 5 rings (SSSR count). The standard InChI is InChI=1S/C32H31N5O8S/c1-37-27-23(16-25(30(37)40)28(39)35-18-22-5-3-21(17-33)4-6-22)11-14-34-29(27)45-19-32(12-13-32)46(42,43)36-26(31(41)44-2)15-20-7-9-24(38)10-8-20/h3-11,14,16,26,36,38H,12-13,15,18-19H2,1-2H3,(H,35,39)/t26-/m0/s1. The van der Waals surface area contributed by atoms with Crippen LogP contribution in [-0.2, 0) is 39.6 Å². The van der Waals surface area contributed by atoms with Gasteiger partial charge in [0.1, 0.15) is 34.2 Å². The highest BCUT2D eigenvalue weighted by molar-refractivity contribution is 7.91. The number of carbonyl (C=O) groups is 2. The summed E-state index contributed by atoms with van der Waals surface area (Å²) in [5.74, 6) is -1.31. The number of phenols is 1. The molecule has 46 heavy (non-hydrogen) atoms. The maximum atomic E-state index is 13.5. The van der Waals surface area contributed by atoms with Gasteiger partial charge < -0.3 is 24.5 Å². The fraction of sp³-hybridized carbons (Fsp3) is 0.281. The van der Waals surface area contributed by atoms with Gasteiger partial charge in [-0.1, -0.05) is 24.3 Å². The Bertz CT molecular complexity index is 2000. The predicted molar refractivity (Wildman–Crippen MR) is 166 cm³/mol. The molecule has 2 aromatic heterocycles. The lowest BCUT2D eigenvalue weighted by atomic mass is 10.1. The van der Waals surface area contributed by atoms with Crippen LogP contribution in [0.2, 0.25) is 0 Å². The number of sulfonamides is 1. The van der Waals surface area contributed by atoms with Crippen LogP contribution in [0, 0.1) is 11.3 Å². The third-order valence-corrected chi connectivity index (χ3v) is 10.1. The zero-order valence-electron chi connectivity index (χ0n) is 25.0. The second kappa shape index (κ2) is 13.0. The average Bonchev–Trinajstić information content (AvgIpc) is 3.86. The molecule has 3 N–H and O–H groups in total. The molecule has 0 unspecified atom stereocenters. The maximum absolute atomic E-state index is 13.5. The van der Waals surface area contributed by atoms with E-state index in [-0.39, 0.29) is 55.1 Å². The summed E-state index contributed by atoms with van der Waals surface area (Å²) in [7, 11) is -1.49. The first-order chi connectivity index (χ1) is 22.0. The van der Waals surface area contributed by atoms with Crippen molar-refractivity contribution in [2.24, 2.45) is 7.05 Å². The summed E-state index contributed by atoms with van der Waals surface area (Å²) < 4.78 is 40.2. The van der Waals surface area contributed by atoms with Crippen molar-refractivity contribution in [1.82, 2.24) is 19.6 Å². The summed E-state index contributed by atoms with van der Waals surface area (Å²) in [4.78, 5) is 43.0. The van der Waals surface area contributed by atoms with Crippen LogP contribution < -0.4 is 20.3 Å². The van der Waals surface area contributed by atoms with Gasteiger partial charge in [0, 0.05) is 25.2 Å². The number of nitrogens with one attached hydrogen (secondary N) is 2. The second-order valence-corrected chi connectivity index (χ2v) is 13.1. The number of pyridine rings is 2. The minimum atomic E-state index is -4.11. The van der Waals surface area contributed by atoms with Crippen molar-refractivity contribution in [2.45, 2.75) is 36.6 Å². The Kier molecular flexibility index (Phi) is 9.08. The first-order valence-electron chi connectivity index (χ1n) is 14.2. The lowest BCUT2D eigenvalue weighted by Gasteiger charge is -2.22. The zero-order chi connectivity index (χ0) is 33.1. The van der Waals surface area contributed by atoms with E-state index in [1.807, 2.05) is 6.07 Å². The van der Waals surface area contributed by atoms with Gasteiger partial charge in [-0.2, -0.15) is 9.98 Å². The number of fused-ring (bicyclic) bond motifs is 1. The molecule has 4 aromatic rings. The monoisotopic (exact) mass is 645 g/mol. The molecule has 0 bridgehead atoms. The number of ether oxygens (including phenoxy) is 2. The Balaban J connectivity index is 1.32. The molecule has 1 aliphatic carbocycles. The van der Waals surface area contributed by atoms with Gasteiger partial charge in [-0.3, -0.25) is 14.4 Å². The number of nitrogens with zero attached hydrogens (tertiary/aromatic N) is 3. The van der Waals surface area contributed by atoms with E-state index in [2.05, 4.69) is 15.0 Å². The Morgan fingerprint density at radius 2 is 1.78 bits per heavy atom. The molecule has 13 nitrogen and oxygen atoms in total. The van der Waals surface area contributed by atoms with Crippen molar-refractivity contribution in [2.75, 3.05) is 13.7 Å². The van der Waals surface area contributed by atoms with Crippen LogP contribution in [-0.4, -0.2) is 59.5 Å². The van der Waals surface area contributed by atoms with E-state index < -0.39 is 38.2 Å². The molecule has 238 valence electrons. The average molecular weight is 646 g/mol. The normalized spacial score (nSPS) is 14.2. The number of aromatic nitrogens is 2. The zero-order valence-corrected chi connectivity index (χ0v) is 25.8. The first-order valence-corrected chi connectivity index (χ1v) is 15.7. The largest absolute Gasteiger partial charge is 0.508 e. The van der Waals surface area contributed by atoms with Gasteiger partial charge >= 0.3 is 5.97 Å². The Labute approximate surface area is 264 Å². The fourth-order valence-electron chi connectivity index (χ4n) is 4.97. The van der Waals surface area contributed by atoms with Crippen molar-refractivity contribution in [3.63, 3.8) is 0 Å². The SMILES string of the molecule is COC(=O)[C@H](Cc1ccc(O)cc1)NS(=O)(=O)C1(COc2nccc3cc(C(=O)NCc4ccc(C#N)cc4)c(=O)n(C)c23)CC1. The number of carbonyl (C=O) groups excluding carboxylic acids is 2. The number of phenolic OH excluding ortho intramolecular Hbond substituents is 1. The van der Waals surface area contributed by atoms with Gasteiger partial charge in [0.25, 0.3) is 11.5 Å². The summed E-state index contributed by atoms with van der Waals surface area (Å²) in [6.45, 7) is -0.157. The molecular formula is C32H31N5O8S. The first kappa shape index (κ1) is 32.1. The second-order valence-electron chi connectivity index (χ2n) is 11.0. The fourth-order valence-corrected chi connectivity index (χ4v) is 6.63. The number of amides is 1. The van der Waals surface area contributed by atoms with Gasteiger partial charge in [0.15, 0.2) is 0 Å². The minimum Gasteiger partial charge on any atom is -0.508 e. The highest BCUT2D eigenvalue weighted by Crippen LogP contribution is 2.44. The van der Waals surface area contributed by atoms with Gasteiger partial charge in [0.05, 0.1) is 18.7 Å². The predicted octanol–water partition coefficient (Wildman–Crippen LogP) is 2.06. The molecule has 1 saturated carbocycles. The molecule has 1 amide bonds. The van der Waals surface area contributed by atoms with Crippen LogP contribution >= 0.6 is 0 Å². The van der Waals surface area contributed by atoms with Crippen LogP contribution in [0.15, 0.2) is 71.7 Å².